The molecular weight excluding hydrogens is 449 g/mol. The number of aromatic nitrogens is 1. The van der Waals surface area contributed by atoms with Crippen molar-refractivity contribution in [1.29, 1.82) is 0 Å². The van der Waals surface area contributed by atoms with Gasteiger partial charge in [-0.1, -0.05) is 12.1 Å². The van der Waals surface area contributed by atoms with Crippen LogP contribution in [0.4, 0.5) is 10.2 Å². The number of aliphatic hydroxyl groups excluding tert-OH is 1. The second-order valence-electron chi connectivity index (χ2n) is 8.90. The smallest absolute Gasteiger partial charge is 0.219 e. The molecule has 1 unspecified atom stereocenters. The van der Waals surface area contributed by atoms with Gasteiger partial charge in [0.25, 0.3) is 0 Å². The van der Waals surface area contributed by atoms with Gasteiger partial charge in [-0.05, 0) is 55.2 Å². The van der Waals surface area contributed by atoms with Crippen molar-refractivity contribution in [3.05, 3.63) is 59.4 Å². The molecule has 1 aromatic heterocycles. The molecule has 4 rings (SSSR count). The second-order valence-corrected chi connectivity index (χ2v) is 8.90. The number of rotatable bonds is 8. The van der Waals surface area contributed by atoms with E-state index in [1.165, 1.54) is 12.1 Å². The van der Waals surface area contributed by atoms with Gasteiger partial charge in [0.05, 0.1) is 20.3 Å². The van der Waals surface area contributed by atoms with Crippen LogP contribution in [0.2, 0.25) is 0 Å². The van der Waals surface area contributed by atoms with Crippen molar-refractivity contribution < 1.29 is 23.8 Å². The monoisotopic (exact) mass is 481 g/mol. The van der Waals surface area contributed by atoms with Crippen LogP contribution in [0.5, 0.6) is 11.5 Å². The van der Waals surface area contributed by atoms with E-state index in [0.717, 1.165) is 41.7 Å². The molecule has 0 bridgehead atoms. The van der Waals surface area contributed by atoms with Gasteiger partial charge < -0.3 is 24.4 Å². The number of hydrogen-bond donors (Lipinski definition) is 1. The highest BCUT2D eigenvalue weighted by atomic mass is 19.1. The van der Waals surface area contributed by atoms with E-state index in [1.54, 1.807) is 38.2 Å². The number of ether oxygens (including phenoxy) is 2. The molecule has 0 saturated carbocycles. The van der Waals surface area contributed by atoms with Crippen molar-refractivity contribution in [2.75, 3.05) is 38.8 Å². The first-order valence-electron chi connectivity index (χ1n) is 11.9. The van der Waals surface area contributed by atoms with E-state index < -0.39 is 6.10 Å². The number of pyridine rings is 1. The van der Waals surface area contributed by atoms with Crippen molar-refractivity contribution in [2.24, 2.45) is 0 Å². The van der Waals surface area contributed by atoms with Crippen LogP contribution in [0.1, 0.15) is 30.9 Å². The Kier molecular flexibility index (Phi) is 7.70. The summed E-state index contributed by atoms with van der Waals surface area (Å²) in [5.74, 6) is 1.69. The highest BCUT2D eigenvalue weighted by Gasteiger charge is 2.25. The van der Waals surface area contributed by atoms with E-state index in [2.05, 4.69) is 4.90 Å². The maximum atomic E-state index is 13.3. The van der Waals surface area contributed by atoms with Gasteiger partial charge in [0.2, 0.25) is 5.91 Å². The summed E-state index contributed by atoms with van der Waals surface area (Å²) in [6, 6.07) is 12.0. The molecular formula is C27H32FN3O4. The number of methoxy groups -OCH3 is 2. The Morgan fingerprint density at radius 2 is 1.89 bits per heavy atom. The van der Waals surface area contributed by atoms with Gasteiger partial charge in [-0.3, -0.25) is 4.79 Å². The first-order valence-corrected chi connectivity index (χ1v) is 11.9. The lowest BCUT2D eigenvalue weighted by Crippen LogP contribution is -2.40. The zero-order valence-corrected chi connectivity index (χ0v) is 20.5. The highest BCUT2D eigenvalue weighted by molar-refractivity contribution is 5.92. The number of halogens is 1. The fraction of sp³-hybridized carbons (Fsp3) is 0.407. The van der Waals surface area contributed by atoms with Gasteiger partial charge in [0.1, 0.15) is 28.7 Å². The van der Waals surface area contributed by atoms with Crippen molar-refractivity contribution >= 4 is 22.6 Å². The number of aliphatic hydroxyl groups is 1. The topological polar surface area (TPSA) is 75.1 Å². The number of anilines is 1. The molecule has 1 N–H and O–H groups in total. The van der Waals surface area contributed by atoms with Gasteiger partial charge in [0.15, 0.2) is 0 Å². The summed E-state index contributed by atoms with van der Waals surface area (Å²) in [5, 5.41) is 11.1. The molecule has 1 fully saturated rings. The average molecular weight is 482 g/mol. The first kappa shape index (κ1) is 24.7. The molecule has 2 heterocycles. The fourth-order valence-electron chi connectivity index (χ4n) is 4.59. The minimum atomic E-state index is -0.427. The molecule has 8 heteroatoms. The standard InChI is InChI=1S/C27H32FN3O4/c1-18(32)30(14-12-19-6-8-21(28)9-7-19)16-20-15-23-24(34-2)10-11-25(35-3)26(23)29-27(20)31-13-4-5-22(33)17-31/h6-11,15,22,33H,4-5,12-14,16-17H2,1-3H3. The third-order valence-corrected chi connectivity index (χ3v) is 6.49. The predicted molar refractivity (Wildman–Crippen MR) is 133 cm³/mol. The molecule has 1 atom stereocenters. The van der Waals surface area contributed by atoms with Crippen molar-refractivity contribution in [3.63, 3.8) is 0 Å². The molecule has 3 aromatic rings. The minimum absolute atomic E-state index is 0.0607. The molecule has 1 saturated heterocycles. The lowest BCUT2D eigenvalue weighted by atomic mass is 10.0. The molecule has 186 valence electrons. The predicted octanol–water partition coefficient (Wildman–Crippen LogP) is 3.94. The molecule has 7 nitrogen and oxygen atoms in total. The Labute approximate surface area is 205 Å². The molecule has 0 aliphatic carbocycles. The number of piperidine rings is 1. The number of amides is 1. The van der Waals surface area contributed by atoms with Crippen LogP contribution in [0.25, 0.3) is 10.9 Å². The third kappa shape index (κ3) is 5.65. The number of fused-ring (bicyclic) bond motifs is 1. The number of carbonyl (C=O) groups is 1. The number of carbonyl (C=O) groups excluding carboxylic acids is 1. The molecule has 1 amide bonds. The summed E-state index contributed by atoms with van der Waals surface area (Å²) in [6.45, 7) is 3.63. The Morgan fingerprint density at radius 3 is 2.54 bits per heavy atom. The summed E-state index contributed by atoms with van der Waals surface area (Å²) in [5.41, 5.74) is 2.50. The quantitative estimate of drug-likeness (QED) is 0.525. The summed E-state index contributed by atoms with van der Waals surface area (Å²) in [6.07, 6.45) is 1.80. The molecule has 0 spiro atoms. The van der Waals surface area contributed by atoms with Crippen LogP contribution in [0.15, 0.2) is 42.5 Å². The fourth-order valence-corrected chi connectivity index (χ4v) is 4.59. The van der Waals surface area contributed by atoms with Crippen LogP contribution in [0.3, 0.4) is 0 Å². The van der Waals surface area contributed by atoms with Gasteiger partial charge in [0, 0.05) is 44.1 Å². The van der Waals surface area contributed by atoms with Gasteiger partial charge in [-0.25, -0.2) is 9.37 Å². The maximum Gasteiger partial charge on any atom is 0.219 e. The van der Waals surface area contributed by atoms with Gasteiger partial charge >= 0.3 is 0 Å². The first-order chi connectivity index (χ1) is 16.9. The number of benzene rings is 2. The Balaban J connectivity index is 1.72. The molecule has 1 aliphatic heterocycles. The van der Waals surface area contributed by atoms with E-state index in [9.17, 15) is 14.3 Å². The van der Waals surface area contributed by atoms with E-state index in [-0.39, 0.29) is 11.7 Å². The normalized spacial score (nSPS) is 15.8. The lowest BCUT2D eigenvalue weighted by Gasteiger charge is -2.33. The number of nitrogens with zero attached hydrogens (tertiary/aromatic N) is 3. The molecule has 2 aromatic carbocycles. The van der Waals surface area contributed by atoms with E-state index in [0.29, 0.717) is 43.1 Å². The van der Waals surface area contributed by atoms with Crippen LogP contribution in [-0.2, 0) is 17.8 Å². The Hall–Kier alpha value is -3.39. The summed E-state index contributed by atoms with van der Waals surface area (Å²) >= 11 is 0. The summed E-state index contributed by atoms with van der Waals surface area (Å²) in [7, 11) is 3.22. The molecule has 0 radical (unpaired) electrons. The van der Waals surface area contributed by atoms with Gasteiger partial charge in [-0.15, -0.1) is 0 Å². The van der Waals surface area contributed by atoms with Crippen molar-refractivity contribution in [3.8, 4) is 11.5 Å². The summed E-state index contributed by atoms with van der Waals surface area (Å²) in [4.78, 5) is 21.4. The second kappa shape index (κ2) is 10.9. The highest BCUT2D eigenvalue weighted by Crippen LogP contribution is 2.36. The number of β-amino-alcohol motifs (C(OH)–C–C–N with tert-alkyl or cyclic N) is 1. The lowest BCUT2D eigenvalue weighted by molar-refractivity contribution is -0.129. The Morgan fingerprint density at radius 1 is 1.17 bits per heavy atom. The van der Waals surface area contributed by atoms with Crippen LogP contribution < -0.4 is 14.4 Å². The maximum absolute atomic E-state index is 13.3. The summed E-state index contributed by atoms with van der Waals surface area (Å²) < 4.78 is 24.4. The molecule has 1 aliphatic rings. The molecule has 35 heavy (non-hydrogen) atoms. The minimum Gasteiger partial charge on any atom is -0.496 e. The number of hydrogen-bond acceptors (Lipinski definition) is 6. The van der Waals surface area contributed by atoms with Crippen molar-refractivity contribution in [2.45, 2.75) is 38.8 Å². The van der Waals surface area contributed by atoms with Crippen LogP contribution in [-0.4, -0.2) is 60.9 Å². The largest absolute Gasteiger partial charge is 0.496 e. The van der Waals surface area contributed by atoms with E-state index >= 15 is 0 Å². The van der Waals surface area contributed by atoms with Gasteiger partial charge in [-0.2, -0.15) is 0 Å². The van der Waals surface area contributed by atoms with Crippen LogP contribution >= 0.6 is 0 Å². The third-order valence-electron chi connectivity index (χ3n) is 6.49. The zero-order valence-electron chi connectivity index (χ0n) is 20.5. The van der Waals surface area contributed by atoms with E-state index in [4.69, 9.17) is 14.5 Å². The van der Waals surface area contributed by atoms with Crippen molar-refractivity contribution in [1.82, 2.24) is 9.88 Å². The van der Waals surface area contributed by atoms with E-state index in [1.807, 2.05) is 18.2 Å². The Bertz CT molecular complexity index is 1190. The zero-order chi connectivity index (χ0) is 24.9. The average Bonchev–Trinajstić information content (AvgIpc) is 2.86. The SMILES string of the molecule is COc1ccc(OC)c2nc(N3CCCC(O)C3)c(CN(CCc3ccc(F)cc3)C(C)=O)cc12. The van der Waals surface area contributed by atoms with Crippen LogP contribution in [0, 0.1) is 5.82 Å².